The first-order valence-electron chi connectivity index (χ1n) is 7.81. The van der Waals surface area contributed by atoms with Gasteiger partial charge in [0.05, 0.1) is 11.4 Å². The van der Waals surface area contributed by atoms with E-state index >= 15 is 0 Å². The number of aromatic nitrogens is 3. The molecule has 8 heteroatoms. The van der Waals surface area contributed by atoms with Gasteiger partial charge in [0.25, 0.3) is 0 Å². The maximum atomic E-state index is 13.8. The Hall–Kier alpha value is -2.19. The fourth-order valence-corrected chi connectivity index (χ4v) is 3.54. The van der Waals surface area contributed by atoms with Crippen LogP contribution in [0.1, 0.15) is 11.4 Å². The smallest absolute Gasteiger partial charge is 0.234 e. The lowest BCUT2D eigenvalue weighted by molar-refractivity contribution is -0.113. The molecule has 0 aliphatic heterocycles. The molecular formula is C18H16BrFN4OS. The summed E-state index contributed by atoms with van der Waals surface area (Å²) in [6.07, 6.45) is 0. The number of nitrogens with zero attached hydrogens (tertiary/aromatic N) is 3. The average molecular weight is 435 g/mol. The molecule has 0 unspecified atom stereocenters. The second-order valence-corrected chi connectivity index (χ2v) is 7.52. The molecule has 0 atom stereocenters. The van der Waals surface area contributed by atoms with Crippen molar-refractivity contribution in [2.45, 2.75) is 19.0 Å². The number of hydrogen-bond acceptors (Lipinski definition) is 4. The molecule has 1 aromatic heterocycles. The molecule has 1 heterocycles. The molecule has 1 amide bonds. The van der Waals surface area contributed by atoms with Gasteiger partial charge in [0.15, 0.2) is 5.16 Å². The second kappa shape index (κ2) is 8.01. The lowest BCUT2D eigenvalue weighted by Gasteiger charge is -2.09. The molecule has 0 aliphatic carbocycles. The van der Waals surface area contributed by atoms with E-state index in [1.165, 1.54) is 23.9 Å². The number of carbonyl (C=O) groups is 1. The summed E-state index contributed by atoms with van der Waals surface area (Å²) >= 11 is 4.44. The number of amides is 1. The molecule has 2 aromatic carbocycles. The van der Waals surface area contributed by atoms with Crippen molar-refractivity contribution in [3.63, 3.8) is 0 Å². The van der Waals surface area contributed by atoms with Gasteiger partial charge in [-0.25, -0.2) is 4.39 Å². The van der Waals surface area contributed by atoms with Crippen LogP contribution in [0.5, 0.6) is 0 Å². The van der Waals surface area contributed by atoms with E-state index in [1.54, 1.807) is 6.07 Å². The van der Waals surface area contributed by atoms with Crippen molar-refractivity contribution in [1.82, 2.24) is 14.8 Å². The molecule has 0 saturated heterocycles. The van der Waals surface area contributed by atoms with Gasteiger partial charge in [-0.2, -0.15) is 0 Å². The van der Waals surface area contributed by atoms with Gasteiger partial charge in [-0.1, -0.05) is 39.8 Å². The number of benzene rings is 2. The van der Waals surface area contributed by atoms with E-state index in [2.05, 4.69) is 31.4 Å². The molecule has 134 valence electrons. The predicted molar refractivity (Wildman–Crippen MR) is 104 cm³/mol. The Morgan fingerprint density at radius 3 is 2.77 bits per heavy atom. The number of aryl methyl sites for hydroxylation is 2. The molecule has 5 nitrogen and oxygen atoms in total. The molecule has 26 heavy (non-hydrogen) atoms. The van der Waals surface area contributed by atoms with Gasteiger partial charge >= 0.3 is 0 Å². The van der Waals surface area contributed by atoms with E-state index in [0.717, 1.165) is 17.1 Å². The highest BCUT2D eigenvalue weighted by Crippen LogP contribution is 2.23. The molecule has 0 spiro atoms. The average Bonchev–Trinajstić information content (AvgIpc) is 2.96. The highest BCUT2D eigenvalue weighted by atomic mass is 79.9. The van der Waals surface area contributed by atoms with E-state index in [1.807, 2.05) is 42.7 Å². The zero-order chi connectivity index (χ0) is 18.7. The van der Waals surface area contributed by atoms with Crippen molar-refractivity contribution in [1.29, 1.82) is 0 Å². The van der Waals surface area contributed by atoms with Crippen LogP contribution in [0.2, 0.25) is 0 Å². The molecular weight excluding hydrogens is 419 g/mol. The van der Waals surface area contributed by atoms with Crippen molar-refractivity contribution in [3.8, 4) is 5.69 Å². The summed E-state index contributed by atoms with van der Waals surface area (Å²) in [5.74, 6) is 0.0287. The largest absolute Gasteiger partial charge is 0.323 e. The summed E-state index contributed by atoms with van der Waals surface area (Å²) < 4.78 is 16.3. The van der Waals surface area contributed by atoms with Crippen LogP contribution in [-0.2, 0) is 4.79 Å². The van der Waals surface area contributed by atoms with Crippen LogP contribution in [0.15, 0.2) is 52.1 Å². The Morgan fingerprint density at radius 1 is 1.23 bits per heavy atom. The Balaban J connectivity index is 1.71. The number of hydrogen-bond donors (Lipinski definition) is 1. The zero-order valence-electron chi connectivity index (χ0n) is 14.2. The van der Waals surface area contributed by atoms with Crippen molar-refractivity contribution in [2.24, 2.45) is 0 Å². The Labute approximate surface area is 163 Å². The van der Waals surface area contributed by atoms with Gasteiger partial charge in [0.1, 0.15) is 11.6 Å². The van der Waals surface area contributed by atoms with Crippen molar-refractivity contribution < 1.29 is 9.18 Å². The number of rotatable bonds is 5. The van der Waals surface area contributed by atoms with Crippen molar-refractivity contribution >= 4 is 39.3 Å². The number of halogens is 2. The molecule has 3 rings (SSSR count). The SMILES string of the molecule is Cc1cccc(-n2c(C)nnc2SCC(=O)Nc2ccc(Br)cc2F)c1. The molecule has 0 bridgehead atoms. The van der Waals surface area contributed by atoms with E-state index in [9.17, 15) is 9.18 Å². The number of anilines is 1. The third kappa shape index (κ3) is 4.31. The summed E-state index contributed by atoms with van der Waals surface area (Å²) in [5, 5.41) is 11.4. The van der Waals surface area contributed by atoms with Crippen LogP contribution in [-0.4, -0.2) is 26.4 Å². The topological polar surface area (TPSA) is 59.8 Å². The maximum Gasteiger partial charge on any atom is 0.234 e. The first-order chi connectivity index (χ1) is 12.4. The van der Waals surface area contributed by atoms with Gasteiger partial charge in [-0.15, -0.1) is 10.2 Å². The van der Waals surface area contributed by atoms with Crippen molar-refractivity contribution in [3.05, 3.63) is 64.1 Å². The van der Waals surface area contributed by atoms with E-state index in [4.69, 9.17) is 0 Å². The van der Waals surface area contributed by atoms with Crippen LogP contribution in [0.3, 0.4) is 0 Å². The molecule has 0 saturated carbocycles. The third-order valence-corrected chi connectivity index (χ3v) is 5.01. The van der Waals surface area contributed by atoms with Crippen molar-refractivity contribution in [2.75, 3.05) is 11.1 Å². The van der Waals surface area contributed by atoms with E-state index in [0.29, 0.717) is 9.63 Å². The van der Waals surface area contributed by atoms with Gasteiger partial charge < -0.3 is 5.32 Å². The van der Waals surface area contributed by atoms with Gasteiger partial charge in [0.2, 0.25) is 5.91 Å². The van der Waals surface area contributed by atoms with Crippen LogP contribution in [0.25, 0.3) is 5.69 Å². The zero-order valence-corrected chi connectivity index (χ0v) is 16.6. The number of nitrogens with one attached hydrogen (secondary N) is 1. The predicted octanol–water partition coefficient (Wildman–Crippen LogP) is 4.52. The quantitative estimate of drug-likeness (QED) is 0.599. The number of thioether (sulfide) groups is 1. The summed E-state index contributed by atoms with van der Waals surface area (Å²) in [5.41, 5.74) is 2.21. The summed E-state index contributed by atoms with van der Waals surface area (Å²) in [6, 6.07) is 12.4. The normalized spacial score (nSPS) is 10.8. The first-order valence-corrected chi connectivity index (χ1v) is 9.58. The van der Waals surface area contributed by atoms with Crippen LogP contribution in [0.4, 0.5) is 10.1 Å². The van der Waals surface area contributed by atoms with Crippen LogP contribution < -0.4 is 5.32 Å². The summed E-state index contributed by atoms with van der Waals surface area (Å²) in [7, 11) is 0. The number of carbonyl (C=O) groups excluding carboxylic acids is 1. The second-order valence-electron chi connectivity index (χ2n) is 5.67. The fraction of sp³-hybridized carbons (Fsp3) is 0.167. The minimum Gasteiger partial charge on any atom is -0.323 e. The maximum absolute atomic E-state index is 13.8. The molecule has 1 N–H and O–H groups in total. The van der Waals surface area contributed by atoms with Gasteiger partial charge in [-0.05, 0) is 49.7 Å². The molecule has 0 aliphatic rings. The Kier molecular flexibility index (Phi) is 5.73. The van der Waals surface area contributed by atoms with E-state index < -0.39 is 5.82 Å². The lowest BCUT2D eigenvalue weighted by Crippen LogP contribution is -2.15. The van der Waals surface area contributed by atoms with Crippen LogP contribution in [0, 0.1) is 19.7 Å². The Morgan fingerprint density at radius 2 is 2.04 bits per heavy atom. The van der Waals surface area contributed by atoms with Gasteiger partial charge in [0, 0.05) is 10.2 Å². The van der Waals surface area contributed by atoms with Crippen LogP contribution >= 0.6 is 27.7 Å². The van der Waals surface area contributed by atoms with E-state index in [-0.39, 0.29) is 17.3 Å². The highest BCUT2D eigenvalue weighted by Gasteiger charge is 2.14. The Bertz CT molecular complexity index is 960. The van der Waals surface area contributed by atoms with Gasteiger partial charge in [-0.3, -0.25) is 9.36 Å². The lowest BCUT2D eigenvalue weighted by atomic mass is 10.2. The summed E-state index contributed by atoms with van der Waals surface area (Å²) in [4.78, 5) is 12.2. The fourth-order valence-electron chi connectivity index (χ4n) is 2.41. The molecule has 0 radical (unpaired) electrons. The highest BCUT2D eigenvalue weighted by molar-refractivity contribution is 9.10. The monoisotopic (exact) mass is 434 g/mol. The molecule has 3 aromatic rings. The third-order valence-electron chi connectivity index (χ3n) is 3.59. The first kappa shape index (κ1) is 18.6. The minimum absolute atomic E-state index is 0.0967. The minimum atomic E-state index is -0.489. The molecule has 0 fully saturated rings. The summed E-state index contributed by atoms with van der Waals surface area (Å²) in [6.45, 7) is 3.87. The standard InChI is InChI=1S/C18H16BrFN4OS/c1-11-4-3-5-14(8-11)24-12(2)22-23-18(24)26-10-17(25)21-16-7-6-13(19)9-15(16)20/h3-9H,10H2,1-2H3,(H,21,25).